The van der Waals surface area contributed by atoms with Crippen LogP contribution in [0.3, 0.4) is 0 Å². The molecular formula is C11H14OS2. The summed E-state index contributed by atoms with van der Waals surface area (Å²) in [5, 5.41) is 0. The molecule has 1 aromatic carbocycles. The summed E-state index contributed by atoms with van der Waals surface area (Å²) in [7, 11) is -0.694. The average molecular weight is 226 g/mol. The standard InChI is InChI=1S/C11H14OS2/c1-2-11-13-7-9-5-3-4-6-10(9)8-14(11)12/h3-6,11H,2,7-8H2,1H3/t11-,14-/m1/s1. The van der Waals surface area contributed by atoms with Crippen LogP contribution in [0.25, 0.3) is 0 Å². The van der Waals surface area contributed by atoms with E-state index in [9.17, 15) is 4.21 Å². The van der Waals surface area contributed by atoms with Crippen molar-refractivity contribution in [3.63, 3.8) is 0 Å². The number of rotatable bonds is 1. The maximum absolute atomic E-state index is 11.9. The lowest BCUT2D eigenvalue weighted by molar-refractivity contribution is 0.679. The zero-order chi connectivity index (χ0) is 9.97. The first-order chi connectivity index (χ1) is 6.81. The first-order valence-electron chi connectivity index (χ1n) is 4.87. The Kier molecular flexibility index (Phi) is 3.29. The predicted molar refractivity (Wildman–Crippen MR) is 63.7 cm³/mol. The highest BCUT2D eigenvalue weighted by Crippen LogP contribution is 2.30. The van der Waals surface area contributed by atoms with Gasteiger partial charge in [0.15, 0.2) is 0 Å². The average Bonchev–Trinajstić information content (AvgIpc) is 2.36. The fraction of sp³-hybridized carbons (Fsp3) is 0.455. The summed E-state index contributed by atoms with van der Waals surface area (Å²) in [6.45, 7) is 2.12. The van der Waals surface area contributed by atoms with Crippen molar-refractivity contribution < 1.29 is 4.21 Å². The highest BCUT2D eigenvalue weighted by molar-refractivity contribution is 8.10. The second-order valence-electron chi connectivity index (χ2n) is 3.44. The highest BCUT2D eigenvalue weighted by Gasteiger charge is 2.20. The monoisotopic (exact) mass is 226 g/mol. The van der Waals surface area contributed by atoms with Crippen molar-refractivity contribution in [2.45, 2.75) is 29.4 Å². The molecule has 0 saturated carbocycles. The first-order valence-corrected chi connectivity index (χ1v) is 7.30. The van der Waals surface area contributed by atoms with E-state index in [1.54, 1.807) is 0 Å². The fourth-order valence-corrected chi connectivity index (χ4v) is 4.69. The summed E-state index contributed by atoms with van der Waals surface area (Å²) in [6.07, 6.45) is 1.01. The van der Waals surface area contributed by atoms with Gasteiger partial charge in [0.05, 0.1) is 4.58 Å². The first kappa shape index (κ1) is 10.2. The van der Waals surface area contributed by atoms with Gasteiger partial charge in [-0.1, -0.05) is 31.2 Å². The van der Waals surface area contributed by atoms with Gasteiger partial charge in [-0.3, -0.25) is 4.21 Å². The van der Waals surface area contributed by atoms with E-state index in [-0.39, 0.29) is 0 Å². The normalized spacial score (nSPS) is 26.6. The molecule has 0 saturated heterocycles. The lowest BCUT2D eigenvalue weighted by atomic mass is 10.1. The van der Waals surface area contributed by atoms with Gasteiger partial charge in [0, 0.05) is 22.3 Å². The Bertz CT molecular complexity index is 349. The van der Waals surface area contributed by atoms with Gasteiger partial charge in [-0.05, 0) is 17.5 Å². The molecule has 0 bridgehead atoms. The van der Waals surface area contributed by atoms with Crippen LogP contribution in [0.15, 0.2) is 24.3 Å². The minimum atomic E-state index is -0.694. The van der Waals surface area contributed by atoms with Crippen LogP contribution in [-0.2, 0) is 22.3 Å². The van der Waals surface area contributed by atoms with E-state index >= 15 is 0 Å². The van der Waals surface area contributed by atoms with Crippen LogP contribution in [0, 0.1) is 0 Å². The molecule has 1 aromatic rings. The largest absolute Gasteiger partial charge is 0.258 e. The summed E-state index contributed by atoms with van der Waals surface area (Å²) >= 11 is 1.83. The van der Waals surface area contributed by atoms with Crippen LogP contribution in [-0.4, -0.2) is 8.79 Å². The molecule has 0 N–H and O–H groups in total. The van der Waals surface area contributed by atoms with Gasteiger partial charge in [-0.2, -0.15) is 0 Å². The molecule has 0 spiro atoms. The van der Waals surface area contributed by atoms with Crippen molar-refractivity contribution in [3.05, 3.63) is 35.4 Å². The van der Waals surface area contributed by atoms with Gasteiger partial charge >= 0.3 is 0 Å². The molecule has 1 nitrogen and oxygen atoms in total. The number of hydrogen-bond acceptors (Lipinski definition) is 2. The van der Waals surface area contributed by atoms with Crippen molar-refractivity contribution >= 4 is 22.6 Å². The van der Waals surface area contributed by atoms with Crippen LogP contribution in [0.2, 0.25) is 0 Å². The van der Waals surface area contributed by atoms with Crippen LogP contribution in [0.4, 0.5) is 0 Å². The van der Waals surface area contributed by atoms with Gasteiger partial charge in [-0.25, -0.2) is 0 Å². The van der Waals surface area contributed by atoms with Crippen LogP contribution in [0.5, 0.6) is 0 Å². The quantitative estimate of drug-likeness (QED) is 0.732. The Balaban J connectivity index is 2.28. The van der Waals surface area contributed by atoms with E-state index in [4.69, 9.17) is 0 Å². The summed E-state index contributed by atoms with van der Waals surface area (Å²) in [5.74, 6) is 1.75. The number of benzene rings is 1. The fourth-order valence-electron chi connectivity index (χ4n) is 1.65. The Labute approximate surface area is 91.7 Å². The van der Waals surface area contributed by atoms with E-state index in [0.29, 0.717) is 4.58 Å². The zero-order valence-corrected chi connectivity index (χ0v) is 9.87. The van der Waals surface area contributed by atoms with Gasteiger partial charge in [-0.15, -0.1) is 11.8 Å². The third kappa shape index (κ3) is 2.04. The topological polar surface area (TPSA) is 17.1 Å². The number of fused-ring (bicyclic) bond motifs is 1. The van der Waals surface area contributed by atoms with Crippen molar-refractivity contribution in [3.8, 4) is 0 Å². The van der Waals surface area contributed by atoms with E-state index in [1.165, 1.54) is 11.1 Å². The molecule has 0 radical (unpaired) electrons. The maximum atomic E-state index is 11.9. The van der Waals surface area contributed by atoms with E-state index in [2.05, 4.69) is 25.1 Å². The summed E-state index contributed by atoms with van der Waals surface area (Å²) < 4.78 is 12.2. The smallest absolute Gasteiger partial charge is 0.0805 e. The summed E-state index contributed by atoms with van der Waals surface area (Å²) in [5.41, 5.74) is 2.64. The molecule has 2 atom stereocenters. The number of hydrogen-bond donors (Lipinski definition) is 0. The van der Waals surface area contributed by atoms with Crippen LogP contribution >= 0.6 is 11.8 Å². The SMILES string of the molecule is CC[C@@H]1SCc2ccccc2C[S@]1=O. The van der Waals surface area contributed by atoms with Gasteiger partial charge in [0.1, 0.15) is 0 Å². The molecular weight excluding hydrogens is 212 g/mol. The van der Waals surface area contributed by atoms with Crippen molar-refractivity contribution in [2.75, 3.05) is 0 Å². The molecule has 14 heavy (non-hydrogen) atoms. The Morgan fingerprint density at radius 2 is 2.14 bits per heavy atom. The van der Waals surface area contributed by atoms with Crippen molar-refractivity contribution in [1.29, 1.82) is 0 Å². The minimum Gasteiger partial charge on any atom is -0.258 e. The lowest BCUT2D eigenvalue weighted by Crippen LogP contribution is -2.09. The Morgan fingerprint density at radius 1 is 1.43 bits per heavy atom. The molecule has 0 amide bonds. The third-order valence-electron chi connectivity index (χ3n) is 2.47. The Hall–Kier alpha value is -0.280. The van der Waals surface area contributed by atoms with Crippen LogP contribution in [0.1, 0.15) is 24.5 Å². The molecule has 3 heteroatoms. The molecule has 0 aliphatic carbocycles. The maximum Gasteiger partial charge on any atom is 0.0805 e. The van der Waals surface area contributed by atoms with Gasteiger partial charge in [0.2, 0.25) is 0 Å². The third-order valence-corrected chi connectivity index (χ3v) is 6.22. The Morgan fingerprint density at radius 3 is 2.86 bits per heavy atom. The van der Waals surface area contributed by atoms with Gasteiger partial charge < -0.3 is 0 Å². The molecule has 0 aromatic heterocycles. The second-order valence-corrected chi connectivity index (χ2v) is 6.55. The van der Waals surface area contributed by atoms with E-state index in [0.717, 1.165) is 17.9 Å². The molecule has 1 aliphatic rings. The van der Waals surface area contributed by atoms with Crippen molar-refractivity contribution in [2.24, 2.45) is 0 Å². The van der Waals surface area contributed by atoms with Gasteiger partial charge in [0.25, 0.3) is 0 Å². The van der Waals surface area contributed by atoms with Crippen LogP contribution < -0.4 is 0 Å². The lowest BCUT2D eigenvalue weighted by Gasteiger charge is -2.08. The van der Waals surface area contributed by atoms with E-state index in [1.807, 2.05) is 17.8 Å². The minimum absolute atomic E-state index is 0.322. The van der Waals surface area contributed by atoms with Crippen molar-refractivity contribution in [1.82, 2.24) is 0 Å². The number of thioether (sulfide) groups is 1. The molecule has 1 aliphatic heterocycles. The molecule has 2 rings (SSSR count). The predicted octanol–water partition coefficient (Wildman–Crippen LogP) is 2.92. The molecule has 76 valence electrons. The summed E-state index contributed by atoms with van der Waals surface area (Å²) in [6, 6.07) is 8.35. The summed E-state index contributed by atoms with van der Waals surface area (Å²) in [4.78, 5) is 0. The molecule has 1 heterocycles. The zero-order valence-electron chi connectivity index (χ0n) is 8.23. The van der Waals surface area contributed by atoms with E-state index < -0.39 is 10.8 Å². The molecule has 0 fully saturated rings. The highest BCUT2D eigenvalue weighted by atomic mass is 32.2. The molecule has 0 unspecified atom stereocenters. The second kappa shape index (κ2) is 4.49.